The van der Waals surface area contributed by atoms with E-state index in [0.29, 0.717) is 24.7 Å². The Labute approximate surface area is 183 Å². The van der Waals surface area contributed by atoms with Gasteiger partial charge >= 0.3 is 5.69 Å². The summed E-state index contributed by atoms with van der Waals surface area (Å²) in [5, 5.41) is 3.01. The number of unbranched alkanes of at least 4 members (excludes halogenated alkanes) is 1. The van der Waals surface area contributed by atoms with Crippen LogP contribution >= 0.6 is 11.3 Å². The minimum Gasteiger partial charge on any atom is -0.352 e. The van der Waals surface area contributed by atoms with Crippen LogP contribution in [-0.4, -0.2) is 51.5 Å². The molecule has 3 heterocycles. The van der Waals surface area contributed by atoms with E-state index in [9.17, 15) is 9.59 Å². The summed E-state index contributed by atoms with van der Waals surface area (Å²) in [4.78, 5) is 34.3. The number of aromatic amines is 1. The van der Waals surface area contributed by atoms with Crippen molar-refractivity contribution >= 4 is 38.5 Å². The molecule has 0 saturated carbocycles. The first-order chi connectivity index (χ1) is 15.1. The van der Waals surface area contributed by atoms with Gasteiger partial charge in [0.15, 0.2) is 0 Å². The molecular weight excluding hydrogens is 410 g/mol. The number of benzene rings is 2. The normalized spacial score (nSPS) is 15.7. The minimum absolute atomic E-state index is 0.0286. The van der Waals surface area contributed by atoms with E-state index >= 15 is 0 Å². The van der Waals surface area contributed by atoms with E-state index in [4.69, 9.17) is 0 Å². The van der Waals surface area contributed by atoms with Gasteiger partial charge in [-0.15, -0.1) is 11.3 Å². The molecule has 0 saturated heterocycles. The number of aromatic nitrogens is 3. The Kier molecular flexibility index (Phi) is 5.33. The third-order valence-electron chi connectivity index (χ3n) is 6.16. The first kappa shape index (κ1) is 20.0. The van der Waals surface area contributed by atoms with Crippen molar-refractivity contribution in [2.24, 2.45) is 0 Å². The number of fused-ring (bicyclic) bond motifs is 1. The molecular formula is C23H25N5O2S. The van der Waals surface area contributed by atoms with Gasteiger partial charge in [0.2, 0.25) is 0 Å². The number of imidazole rings is 1. The van der Waals surface area contributed by atoms with Gasteiger partial charge in [0.05, 0.1) is 26.8 Å². The molecule has 7 nitrogen and oxygen atoms in total. The zero-order chi connectivity index (χ0) is 21.4. The molecule has 0 fully saturated rings. The number of nitrogens with zero attached hydrogens (tertiary/aromatic N) is 3. The monoisotopic (exact) mass is 435 g/mol. The number of nitrogens with one attached hydrogen (secondary N) is 2. The summed E-state index contributed by atoms with van der Waals surface area (Å²) in [7, 11) is 2.12. The van der Waals surface area contributed by atoms with Crippen LogP contribution < -0.4 is 11.0 Å². The molecule has 5 rings (SSSR count). The van der Waals surface area contributed by atoms with Crippen LogP contribution in [0.1, 0.15) is 28.8 Å². The molecule has 1 aliphatic rings. The quantitative estimate of drug-likeness (QED) is 0.437. The fraction of sp³-hybridized carbons (Fsp3) is 0.348. The molecule has 1 amide bonds. The van der Waals surface area contributed by atoms with Gasteiger partial charge in [0, 0.05) is 24.7 Å². The second-order valence-electron chi connectivity index (χ2n) is 8.19. The number of rotatable bonds is 7. The molecule has 2 aromatic carbocycles. The van der Waals surface area contributed by atoms with Crippen LogP contribution in [0.25, 0.3) is 21.3 Å². The van der Waals surface area contributed by atoms with Crippen molar-refractivity contribution < 1.29 is 4.79 Å². The van der Waals surface area contributed by atoms with Crippen LogP contribution in [0, 0.1) is 0 Å². The van der Waals surface area contributed by atoms with E-state index in [-0.39, 0.29) is 11.6 Å². The first-order valence-electron chi connectivity index (χ1n) is 10.6. The number of amides is 1. The third-order valence-corrected chi connectivity index (χ3v) is 6.97. The topological polar surface area (TPSA) is 83.0 Å². The van der Waals surface area contributed by atoms with Crippen LogP contribution in [0.15, 0.2) is 46.7 Å². The summed E-state index contributed by atoms with van der Waals surface area (Å²) in [6, 6.07) is 12.0. The molecule has 1 unspecified atom stereocenters. The van der Waals surface area contributed by atoms with E-state index in [1.807, 2.05) is 34.9 Å². The summed E-state index contributed by atoms with van der Waals surface area (Å²) < 4.78 is 2.96. The molecule has 0 bridgehead atoms. The van der Waals surface area contributed by atoms with Gasteiger partial charge in [-0.1, -0.05) is 12.1 Å². The highest BCUT2D eigenvalue weighted by Crippen LogP contribution is 2.24. The van der Waals surface area contributed by atoms with E-state index in [1.54, 1.807) is 16.8 Å². The number of carbonyl (C=O) groups is 1. The maximum absolute atomic E-state index is 12.4. The lowest BCUT2D eigenvalue weighted by Gasteiger charge is -2.31. The molecule has 0 radical (unpaired) electrons. The average Bonchev–Trinajstić information content (AvgIpc) is 3.38. The van der Waals surface area contributed by atoms with Gasteiger partial charge in [0.25, 0.3) is 5.91 Å². The maximum atomic E-state index is 12.4. The number of likely N-dealkylation sites (N-methyl/N-ethyl adjacent to an activating group) is 1. The summed E-state index contributed by atoms with van der Waals surface area (Å²) in [6.07, 6.45) is 2.84. The van der Waals surface area contributed by atoms with Gasteiger partial charge in [-0.05, 0) is 62.7 Å². The lowest BCUT2D eigenvalue weighted by atomic mass is 9.99. The number of carbonyl (C=O) groups excluding carboxylic acids is 1. The number of para-hydroxylation sites is 1. The molecule has 31 heavy (non-hydrogen) atoms. The van der Waals surface area contributed by atoms with Crippen molar-refractivity contribution in [2.45, 2.75) is 31.8 Å². The van der Waals surface area contributed by atoms with Crippen molar-refractivity contribution in [3.8, 4) is 0 Å². The van der Waals surface area contributed by atoms with Crippen molar-refractivity contribution in [1.29, 1.82) is 0 Å². The first-order valence-corrected chi connectivity index (χ1v) is 11.5. The Morgan fingerprint density at radius 1 is 1.32 bits per heavy atom. The molecule has 0 spiro atoms. The Morgan fingerprint density at radius 3 is 3.13 bits per heavy atom. The molecule has 160 valence electrons. The van der Waals surface area contributed by atoms with Crippen molar-refractivity contribution in [3.05, 3.63) is 63.5 Å². The van der Waals surface area contributed by atoms with Crippen molar-refractivity contribution in [2.75, 3.05) is 20.1 Å². The van der Waals surface area contributed by atoms with E-state index in [0.717, 1.165) is 47.1 Å². The van der Waals surface area contributed by atoms with Crippen LogP contribution in [0.2, 0.25) is 0 Å². The smallest absolute Gasteiger partial charge is 0.326 e. The molecule has 1 aliphatic heterocycles. The highest BCUT2D eigenvalue weighted by molar-refractivity contribution is 7.16. The maximum Gasteiger partial charge on any atom is 0.326 e. The lowest BCUT2D eigenvalue weighted by molar-refractivity contribution is 0.0952. The molecule has 4 aromatic rings. The van der Waals surface area contributed by atoms with Crippen LogP contribution in [0.5, 0.6) is 0 Å². The average molecular weight is 436 g/mol. The highest BCUT2D eigenvalue weighted by atomic mass is 32.1. The largest absolute Gasteiger partial charge is 0.352 e. The molecule has 0 aliphatic carbocycles. The number of H-pyrrole nitrogens is 1. The van der Waals surface area contributed by atoms with Crippen LogP contribution in [0.3, 0.4) is 0 Å². The SMILES string of the molecule is CN(CCCCNC(=O)c1ccc2scnc2c1)C1Cc2cccc3[nH]c(=O)n(c23)C1. The van der Waals surface area contributed by atoms with E-state index < -0.39 is 0 Å². The molecule has 2 aromatic heterocycles. The Hall–Kier alpha value is -2.97. The second-order valence-corrected chi connectivity index (χ2v) is 9.08. The zero-order valence-corrected chi connectivity index (χ0v) is 18.2. The number of hydrogen-bond donors (Lipinski definition) is 2. The minimum atomic E-state index is -0.0528. The third kappa shape index (κ3) is 3.88. The Balaban J connectivity index is 1.10. The predicted molar refractivity (Wildman–Crippen MR) is 124 cm³/mol. The predicted octanol–water partition coefficient (Wildman–Crippen LogP) is 3.01. The molecule has 2 N–H and O–H groups in total. The molecule has 8 heteroatoms. The molecule has 1 atom stereocenters. The summed E-state index contributed by atoms with van der Waals surface area (Å²) in [5.74, 6) is -0.0528. The van der Waals surface area contributed by atoms with Crippen molar-refractivity contribution in [3.63, 3.8) is 0 Å². The lowest BCUT2D eigenvalue weighted by Crippen LogP contribution is -2.42. The van der Waals surface area contributed by atoms with Crippen LogP contribution in [0.4, 0.5) is 0 Å². The van der Waals surface area contributed by atoms with Crippen molar-refractivity contribution in [1.82, 2.24) is 24.8 Å². The standard InChI is InChI=1S/C23H25N5O2S/c1-27(17-11-15-5-4-6-18-21(15)28(13-17)23(30)26-18)10-3-2-9-24-22(29)16-7-8-20-19(12-16)25-14-31-20/h4-8,12,14,17H,2-3,9-11,13H2,1H3,(H,24,29)(H,26,30). The fourth-order valence-corrected chi connectivity index (χ4v) is 5.09. The summed E-state index contributed by atoms with van der Waals surface area (Å²) >= 11 is 1.57. The second kappa shape index (κ2) is 8.28. The van der Waals surface area contributed by atoms with Gasteiger partial charge in [-0.25, -0.2) is 9.78 Å². The highest BCUT2D eigenvalue weighted by Gasteiger charge is 2.25. The van der Waals surface area contributed by atoms with Gasteiger partial charge in [-0.3, -0.25) is 9.36 Å². The fourth-order valence-electron chi connectivity index (χ4n) is 4.43. The van der Waals surface area contributed by atoms with E-state index in [2.05, 4.69) is 33.3 Å². The Bertz CT molecular complexity index is 1300. The Morgan fingerprint density at radius 2 is 2.23 bits per heavy atom. The number of hydrogen-bond acceptors (Lipinski definition) is 5. The summed E-state index contributed by atoms with van der Waals surface area (Å²) in [5.41, 5.74) is 6.49. The van der Waals surface area contributed by atoms with Gasteiger partial charge in [-0.2, -0.15) is 0 Å². The van der Waals surface area contributed by atoms with Gasteiger partial charge < -0.3 is 15.2 Å². The van der Waals surface area contributed by atoms with Crippen LogP contribution in [-0.2, 0) is 13.0 Å². The number of thiazole rings is 1. The zero-order valence-electron chi connectivity index (χ0n) is 17.4. The van der Waals surface area contributed by atoms with E-state index in [1.165, 1.54) is 5.56 Å². The van der Waals surface area contributed by atoms with Gasteiger partial charge in [0.1, 0.15) is 0 Å². The summed E-state index contributed by atoms with van der Waals surface area (Å²) in [6.45, 7) is 2.28.